The summed E-state index contributed by atoms with van der Waals surface area (Å²) in [6.45, 7) is 8.90. The van der Waals surface area contributed by atoms with Crippen molar-refractivity contribution in [2.75, 3.05) is 23.7 Å². The molecule has 2 aliphatic heterocycles. The molecule has 3 aliphatic rings. The van der Waals surface area contributed by atoms with Gasteiger partial charge in [-0.3, -0.25) is 9.69 Å². The maximum Gasteiger partial charge on any atom is 0.414 e. The summed E-state index contributed by atoms with van der Waals surface area (Å²) in [5.74, 6) is 0.105. The number of hydrogen-bond acceptors (Lipinski definition) is 5. The minimum Gasteiger partial charge on any atom is -0.444 e. The largest absolute Gasteiger partial charge is 0.444 e. The zero-order valence-electron chi connectivity index (χ0n) is 19.5. The molecule has 2 unspecified atom stereocenters. The van der Waals surface area contributed by atoms with Crippen molar-refractivity contribution < 1.29 is 22.7 Å². The summed E-state index contributed by atoms with van der Waals surface area (Å²) in [4.78, 5) is 27.1. The van der Waals surface area contributed by atoms with E-state index < -0.39 is 15.4 Å². The molecule has 7 nitrogen and oxygen atoms in total. The fraction of sp³-hybridized carbons (Fsp3) is 0.667. The number of para-hydroxylation sites is 1. The van der Waals surface area contributed by atoms with Crippen LogP contribution in [0.5, 0.6) is 0 Å². The van der Waals surface area contributed by atoms with E-state index in [0.717, 1.165) is 17.7 Å². The molecule has 4 rings (SSSR count). The predicted octanol–water partition coefficient (Wildman–Crippen LogP) is 3.97. The highest BCUT2D eigenvalue weighted by Gasteiger charge is 2.58. The Kier molecular flexibility index (Phi) is 5.91. The summed E-state index contributed by atoms with van der Waals surface area (Å²) in [6, 6.07) is 7.56. The van der Waals surface area contributed by atoms with Crippen molar-refractivity contribution in [2.45, 2.75) is 66.0 Å². The van der Waals surface area contributed by atoms with Crippen LogP contribution in [0.1, 0.15) is 58.9 Å². The van der Waals surface area contributed by atoms with Gasteiger partial charge in [-0.1, -0.05) is 52.3 Å². The van der Waals surface area contributed by atoms with E-state index in [1.54, 1.807) is 4.90 Å². The number of rotatable bonds is 5. The van der Waals surface area contributed by atoms with Crippen LogP contribution in [0, 0.1) is 16.7 Å². The summed E-state index contributed by atoms with van der Waals surface area (Å²) < 4.78 is 33.6. The summed E-state index contributed by atoms with van der Waals surface area (Å²) >= 11 is 0. The first kappa shape index (κ1) is 23.2. The van der Waals surface area contributed by atoms with Crippen molar-refractivity contribution in [3.63, 3.8) is 0 Å². The number of carbonyl (C=O) groups excluding carboxylic acids is 2. The molecule has 1 amide bonds. The normalized spacial score (nSPS) is 29.1. The van der Waals surface area contributed by atoms with Gasteiger partial charge in [0.25, 0.3) is 0 Å². The molecule has 2 atom stereocenters. The van der Waals surface area contributed by atoms with Crippen molar-refractivity contribution >= 4 is 27.6 Å². The zero-order chi connectivity index (χ0) is 23.3. The number of fused-ring (bicyclic) bond motifs is 1. The van der Waals surface area contributed by atoms with E-state index in [-0.39, 0.29) is 41.6 Å². The molecule has 1 aromatic rings. The van der Waals surface area contributed by atoms with E-state index in [0.29, 0.717) is 32.4 Å². The van der Waals surface area contributed by atoms with Crippen molar-refractivity contribution in [1.82, 2.24) is 4.31 Å². The molecular weight excluding hydrogens is 428 g/mol. The van der Waals surface area contributed by atoms with Gasteiger partial charge in [0.2, 0.25) is 10.0 Å². The minimum atomic E-state index is -3.61. The maximum atomic E-state index is 13.4. The topological polar surface area (TPSA) is 84.0 Å². The second-order valence-corrected chi connectivity index (χ2v) is 12.2. The van der Waals surface area contributed by atoms with E-state index >= 15 is 0 Å². The Hall–Kier alpha value is -1.93. The second kappa shape index (κ2) is 8.13. The third kappa shape index (κ3) is 3.65. The number of anilines is 1. The number of carbonyl (C=O) groups is 2. The highest BCUT2D eigenvalue weighted by molar-refractivity contribution is 7.89. The van der Waals surface area contributed by atoms with Gasteiger partial charge in [-0.2, -0.15) is 0 Å². The number of sulfonamides is 1. The number of amides is 1. The lowest BCUT2D eigenvalue weighted by Gasteiger charge is -2.43. The van der Waals surface area contributed by atoms with Crippen LogP contribution in [0.4, 0.5) is 10.5 Å². The molecule has 1 aliphatic carbocycles. The van der Waals surface area contributed by atoms with Crippen LogP contribution in [-0.2, 0) is 26.2 Å². The van der Waals surface area contributed by atoms with Crippen LogP contribution in [0.25, 0.3) is 0 Å². The van der Waals surface area contributed by atoms with Gasteiger partial charge < -0.3 is 4.74 Å². The molecule has 32 heavy (non-hydrogen) atoms. The van der Waals surface area contributed by atoms with Gasteiger partial charge in [0.1, 0.15) is 12.4 Å². The number of cyclic esters (lactones) is 1. The van der Waals surface area contributed by atoms with E-state index in [1.807, 2.05) is 45.0 Å². The van der Waals surface area contributed by atoms with E-state index in [4.69, 9.17) is 4.74 Å². The van der Waals surface area contributed by atoms with E-state index in [1.165, 1.54) is 4.31 Å². The van der Waals surface area contributed by atoms with Crippen LogP contribution in [0.2, 0.25) is 0 Å². The SMILES string of the molecule is CCC1CC(=O)C(C)(CS(=O)(=O)N2CCC(N3C(=O)OCc4ccccc43)CC2)C1(C)C. The molecule has 1 saturated heterocycles. The average Bonchev–Trinajstić information content (AvgIpc) is 2.92. The Morgan fingerprint density at radius 3 is 2.38 bits per heavy atom. The summed E-state index contributed by atoms with van der Waals surface area (Å²) in [7, 11) is -3.61. The molecule has 2 heterocycles. The van der Waals surface area contributed by atoms with Crippen molar-refractivity contribution in [2.24, 2.45) is 16.7 Å². The predicted molar refractivity (Wildman–Crippen MR) is 123 cm³/mol. The average molecular weight is 463 g/mol. The van der Waals surface area contributed by atoms with Gasteiger partial charge in [0, 0.05) is 36.5 Å². The van der Waals surface area contributed by atoms with Gasteiger partial charge in [0.15, 0.2) is 0 Å². The highest BCUT2D eigenvalue weighted by Crippen LogP contribution is 2.55. The highest BCUT2D eigenvalue weighted by atomic mass is 32.2. The van der Waals surface area contributed by atoms with Crippen molar-refractivity contribution in [1.29, 1.82) is 0 Å². The van der Waals surface area contributed by atoms with Gasteiger partial charge in [-0.15, -0.1) is 0 Å². The lowest BCUT2D eigenvalue weighted by molar-refractivity contribution is -0.126. The van der Waals surface area contributed by atoms with Crippen LogP contribution in [-0.4, -0.2) is 49.5 Å². The number of ether oxygens (including phenoxy) is 1. The van der Waals surface area contributed by atoms with Crippen LogP contribution < -0.4 is 4.90 Å². The Bertz CT molecular complexity index is 1010. The van der Waals surface area contributed by atoms with Gasteiger partial charge in [0.05, 0.1) is 11.4 Å². The molecule has 0 bridgehead atoms. The van der Waals surface area contributed by atoms with Crippen molar-refractivity contribution in [3.05, 3.63) is 29.8 Å². The fourth-order valence-corrected chi connectivity index (χ4v) is 8.00. The maximum absolute atomic E-state index is 13.4. The number of piperidine rings is 1. The number of benzene rings is 1. The summed E-state index contributed by atoms with van der Waals surface area (Å²) in [5.41, 5.74) is 0.550. The molecule has 8 heteroatoms. The van der Waals surface area contributed by atoms with E-state index in [2.05, 4.69) is 6.92 Å². The monoisotopic (exact) mass is 462 g/mol. The third-order valence-corrected chi connectivity index (χ3v) is 10.5. The molecule has 0 N–H and O–H groups in total. The molecule has 176 valence electrons. The lowest BCUT2D eigenvalue weighted by Crippen LogP contribution is -2.53. The summed E-state index contributed by atoms with van der Waals surface area (Å²) in [5, 5.41) is 0. The first-order valence-electron chi connectivity index (χ1n) is 11.6. The lowest BCUT2D eigenvalue weighted by atomic mass is 9.66. The Morgan fingerprint density at radius 1 is 1.09 bits per heavy atom. The molecular formula is C24H34N2O5S. The smallest absolute Gasteiger partial charge is 0.414 e. The zero-order valence-corrected chi connectivity index (χ0v) is 20.3. The molecule has 1 saturated carbocycles. The van der Waals surface area contributed by atoms with Gasteiger partial charge >= 0.3 is 6.09 Å². The van der Waals surface area contributed by atoms with E-state index in [9.17, 15) is 18.0 Å². The van der Waals surface area contributed by atoms with Crippen molar-refractivity contribution in [3.8, 4) is 0 Å². The number of ketones is 1. The molecule has 0 spiro atoms. The van der Waals surface area contributed by atoms with Crippen LogP contribution in [0.3, 0.4) is 0 Å². The first-order valence-corrected chi connectivity index (χ1v) is 13.2. The fourth-order valence-electron chi connectivity index (χ4n) is 5.79. The second-order valence-electron chi connectivity index (χ2n) is 10.2. The minimum absolute atomic E-state index is 0.0560. The Labute approximate surface area is 191 Å². The number of nitrogens with zero attached hydrogens (tertiary/aromatic N) is 2. The molecule has 2 fully saturated rings. The number of Topliss-reactive ketones (excluding diaryl/α,β-unsaturated/α-hetero) is 1. The van der Waals surface area contributed by atoms with Gasteiger partial charge in [-0.05, 0) is 30.2 Å². The van der Waals surface area contributed by atoms with Crippen LogP contribution in [0.15, 0.2) is 24.3 Å². The quantitative estimate of drug-likeness (QED) is 0.661. The Morgan fingerprint density at radius 2 is 1.75 bits per heavy atom. The first-order chi connectivity index (χ1) is 15.0. The molecule has 0 aromatic heterocycles. The van der Waals surface area contributed by atoms with Crippen LogP contribution >= 0.6 is 0 Å². The summed E-state index contributed by atoms with van der Waals surface area (Å²) in [6.07, 6.45) is 2.02. The molecule has 0 radical (unpaired) electrons. The molecule has 1 aromatic carbocycles. The Balaban J connectivity index is 1.48. The number of hydrogen-bond donors (Lipinski definition) is 0. The third-order valence-electron chi connectivity index (χ3n) is 8.43. The standard InChI is InChI=1S/C24H34N2O5S/c1-5-18-14-21(27)24(4,23(18,2)3)16-32(29,30)25-12-10-19(11-13-25)26-20-9-7-6-8-17(20)15-31-22(26)28/h6-9,18-19H,5,10-16H2,1-4H3. The van der Waals surface area contributed by atoms with Gasteiger partial charge in [-0.25, -0.2) is 17.5 Å².